The zero-order valence-electron chi connectivity index (χ0n) is 17.2. The van der Waals surface area contributed by atoms with Gasteiger partial charge in [-0.05, 0) is 46.2 Å². The molecule has 0 radical (unpaired) electrons. The maximum Gasteiger partial charge on any atom is 0.497 e. The van der Waals surface area contributed by atoms with Crippen molar-refractivity contribution in [3.8, 4) is 11.3 Å². The largest absolute Gasteiger partial charge is 0.545 e. The SMILES string of the molecule is CC1(C)OB(c2cc(F)c(-c3c(C(=O)[O-])cnn3[C@H]3CCOC3)cc2F)OC1(C)C. The smallest absolute Gasteiger partial charge is 0.497 e. The minimum absolute atomic E-state index is 0.0534. The molecule has 2 fully saturated rings. The molecule has 160 valence electrons. The van der Waals surface area contributed by atoms with Crippen LogP contribution in [0.25, 0.3) is 11.3 Å². The first-order valence-corrected chi connectivity index (χ1v) is 9.73. The summed E-state index contributed by atoms with van der Waals surface area (Å²) >= 11 is 0. The van der Waals surface area contributed by atoms with Crippen LogP contribution in [0, 0.1) is 11.6 Å². The van der Waals surface area contributed by atoms with Gasteiger partial charge in [0.25, 0.3) is 0 Å². The van der Waals surface area contributed by atoms with Crippen LogP contribution in [0.5, 0.6) is 0 Å². The van der Waals surface area contributed by atoms with E-state index in [1.165, 1.54) is 4.68 Å². The Morgan fingerprint density at radius 2 is 1.87 bits per heavy atom. The molecule has 2 saturated heterocycles. The normalized spacial score (nSPS) is 22.6. The third-order valence-corrected chi connectivity index (χ3v) is 6.12. The van der Waals surface area contributed by atoms with Gasteiger partial charge in [0.2, 0.25) is 0 Å². The highest BCUT2D eigenvalue weighted by Crippen LogP contribution is 2.37. The number of halogens is 2. The Balaban J connectivity index is 1.78. The van der Waals surface area contributed by atoms with Gasteiger partial charge >= 0.3 is 7.12 Å². The van der Waals surface area contributed by atoms with Gasteiger partial charge in [-0.3, -0.25) is 4.68 Å². The van der Waals surface area contributed by atoms with E-state index in [0.717, 1.165) is 18.3 Å². The van der Waals surface area contributed by atoms with Crippen molar-refractivity contribution >= 4 is 18.6 Å². The predicted octanol–water partition coefficient (Wildman–Crippen LogP) is 1.45. The molecule has 4 rings (SSSR count). The number of carbonyl (C=O) groups excluding carboxylic acids is 1. The highest BCUT2D eigenvalue weighted by Gasteiger charge is 2.52. The van der Waals surface area contributed by atoms with Crippen LogP contribution in [-0.2, 0) is 14.0 Å². The molecule has 2 aromatic rings. The van der Waals surface area contributed by atoms with Gasteiger partial charge in [-0.1, -0.05) is 0 Å². The summed E-state index contributed by atoms with van der Waals surface area (Å²) in [6, 6.07) is 1.65. The Morgan fingerprint density at radius 3 is 2.43 bits per heavy atom. The second-order valence-electron chi connectivity index (χ2n) is 8.60. The Morgan fingerprint density at radius 1 is 1.20 bits per heavy atom. The lowest BCUT2D eigenvalue weighted by molar-refractivity contribution is -0.254. The number of ether oxygens (including phenoxy) is 1. The molecule has 0 N–H and O–H groups in total. The first-order valence-electron chi connectivity index (χ1n) is 9.73. The number of carboxylic acids is 1. The van der Waals surface area contributed by atoms with Gasteiger partial charge in [0, 0.05) is 23.2 Å². The maximum absolute atomic E-state index is 15.2. The third-order valence-electron chi connectivity index (χ3n) is 6.12. The van der Waals surface area contributed by atoms with Crippen LogP contribution in [-0.4, -0.2) is 47.3 Å². The summed E-state index contributed by atoms with van der Waals surface area (Å²) < 4.78 is 48.6. The summed E-state index contributed by atoms with van der Waals surface area (Å²) in [6.07, 6.45) is 1.67. The standard InChI is InChI=1S/C20H23BF2N2O5/c1-19(2)20(3,4)30-21(29-19)14-8-15(22)12(7-16(14)23)17-13(18(26)27)9-24-25(17)11-5-6-28-10-11/h7-9,11H,5-6,10H2,1-4H3,(H,26,27)/p-1/t11-/m0/s1. The monoisotopic (exact) mass is 419 g/mol. The Labute approximate surface area is 173 Å². The Bertz CT molecular complexity index is 985. The van der Waals surface area contributed by atoms with Crippen LogP contribution in [0.15, 0.2) is 18.3 Å². The molecule has 1 aromatic carbocycles. The van der Waals surface area contributed by atoms with Gasteiger partial charge in [-0.15, -0.1) is 0 Å². The summed E-state index contributed by atoms with van der Waals surface area (Å²) in [5, 5.41) is 15.7. The molecule has 3 heterocycles. The van der Waals surface area contributed by atoms with Crippen molar-refractivity contribution in [2.75, 3.05) is 13.2 Å². The van der Waals surface area contributed by atoms with Crippen LogP contribution in [0.4, 0.5) is 8.78 Å². The summed E-state index contributed by atoms with van der Waals surface area (Å²) in [5.41, 5.74) is -2.13. The molecule has 1 atom stereocenters. The molecule has 10 heteroatoms. The molecular weight excluding hydrogens is 397 g/mol. The molecule has 2 aliphatic heterocycles. The molecule has 7 nitrogen and oxygen atoms in total. The number of carboxylic acid groups (broad SMARTS) is 1. The number of aromatic carboxylic acids is 1. The average Bonchev–Trinajstić information content (AvgIpc) is 3.34. The number of rotatable bonds is 4. The van der Waals surface area contributed by atoms with Crippen LogP contribution in [0.3, 0.4) is 0 Å². The highest BCUT2D eigenvalue weighted by atomic mass is 19.1. The molecule has 0 unspecified atom stereocenters. The zero-order chi connectivity index (χ0) is 21.8. The fraction of sp³-hybridized carbons (Fsp3) is 0.500. The van der Waals surface area contributed by atoms with Gasteiger partial charge in [-0.25, -0.2) is 8.78 Å². The van der Waals surface area contributed by atoms with E-state index < -0.39 is 35.9 Å². The topological polar surface area (TPSA) is 85.6 Å². The quantitative estimate of drug-likeness (QED) is 0.698. The van der Waals surface area contributed by atoms with E-state index in [4.69, 9.17) is 14.0 Å². The van der Waals surface area contributed by atoms with Crippen LogP contribution < -0.4 is 10.6 Å². The fourth-order valence-electron chi connectivity index (χ4n) is 3.67. The molecule has 0 bridgehead atoms. The van der Waals surface area contributed by atoms with E-state index >= 15 is 8.78 Å². The van der Waals surface area contributed by atoms with E-state index in [-0.39, 0.29) is 28.3 Å². The van der Waals surface area contributed by atoms with Gasteiger partial charge in [0.1, 0.15) is 11.6 Å². The second-order valence-corrected chi connectivity index (χ2v) is 8.60. The van der Waals surface area contributed by atoms with Crippen molar-refractivity contribution in [3.05, 3.63) is 35.5 Å². The van der Waals surface area contributed by atoms with Gasteiger partial charge in [0.15, 0.2) is 0 Å². The first-order chi connectivity index (χ1) is 14.0. The van der Waals surface area contributed by atoms with Gasteiger partial charge in [-0.2, -0.15) is 5.10 Å². The summed E-state index contributed by atoms with van der Waals surface area (Å²) in [5.74, 6) is -3.11. The molecule has 0 saturated carbocycles. The maximum atomic E-state index is 15.2. The molecule has 1 aromatic heterocycles. The fourth-order valence-corrected chi connectivity index (χ4v) is 3.67. The number of aromatic nitrogens is 2. The molecule has 2 aliphatic rings. The summed E-state index contributed by atoms with van der Waals surface area (Å²) in [7, 11) is -1.09. The van der Waals surface area contributed by atoms with E-state index in [9.17, 15) is 9.90 Å². The van der Waals surface area contributed by atoms with Crippen LogP contribution in [0.1, 0.15) is 50.5 Å². The van der Waals surface area contributed by atoms with E-state index in [1.807, 2.05) is 27.7 Å². The van der Waals surface area contributed by atoms with E-state index in [2.05, 4.69) is 5.10 Å². The van der Waals surface area contributed by atoms with E-state index in [0.29, 0.717) is 19.6 Å². The Kier molecular flexibility index (Phi) is 4.99. The molecule has 0 aliphatic carbocycles. The lowest BCUT2D eigenvalue weighted by atomic mass is 9.78. The number of hydrogen-bond donors (Lipinski definition) is 0. The molecule has 0 spiro atoms. The van der Waals surface area contributed by atoms with Crippen LogP contribution in [0.2, 0.25) is 0 Å². The third kappa shape index (κ3) is 3.32. The minimum atomic E-state index is -1.52. The van der Waals surface area contributed by atoms with Crippen molar-refractivity contribution < 1.29 is 32.7 Å². The number of benzene rings is 1. The highest BCUT2D eigenvalue weighted by molar-refractivity contribution is 6.62. The Hall–Kier alpha value is -2.30. The van der Waals surface area contributed by atoms with Crippen molar-refractivity contribution in [2.24, 2.45) is 0 Å². The molecule has 30 heavy (non-hydrogen) atoms. The summed E-state index contributed by atoms with van der Waals surface area (Å²) in [4.78, 5) is 11.6. The van der Waals surface area contributed by atoms with Crippen molar-refractivity contribution in [3.63, 3.8) is 0 Å². The summed E-state index contributed by atoms with van der Waals surface area (Å²) in [6.45, 7) is 8.02. The minimum Gasteiger partial charge on any atom is -0.545 e. The number of hydrogen-bond acceptors (Lipinski definition) is 6. The number of nitrogens with zero attached hydrogens (tertiary/aromatic N) is 2. The lowest BCUT2D eigenvalue weighted by Gasteiger charge is -2.32. The average molecular weight is 419 g/mol. The van der Waals surface area contributed by atoms with Crippen molar-refractivity contribution in [1.82, 2.24) is 9.78 Å². The lowest BCUT2D eigenvalue weighted by Crippen LogP contribution is -2.41. The second kappa shape index (κ2) is 7.14. The first kappa shape index (κ1) is 21.0. The van der Waals surface area contributed by atoms with Crippen molar-refractivity contribution in [1.29, 1.82) is 0 Å². The predicted molar refractivity (Wildman–Crippen MR) is 102 cm³/mol. The zero-order valence-corrected chi connectivity index (χ0v) is 17.2. The molecule has 0 amide bonds. The molecular formula is C20H22BF2N2O5-. The van der Waals surface area contributed by atoms with Crippen LogP contribution >= 0.6 is 0 Å². The van der Waals surface area contributed by atoms with Gasteiger partial charge in [0.05, 0.1) is 41.7 Å². The van der Waals surface area contributed by atoms with Gasteiger partial charge < -0.3 is 23.9 Å². The van der Waals surface area contributed by atoms with E-state index in [1.54, 1.807) is 0 Å². The number of carbonyl (C=O) groups is 1. The van der Waals surface area contributed by atoms with Crippen molar-refractivity contribution in [2.45, 2.75) is 51.4 Å².